The molecule has 6 heteroatoms. The molecule has 0 aromatic carbocycles. The summed E-state index contributed by atoms with van der Waals surface area (Å²) in [4.78, 5) is 32.3. The van der Waals surface area contributed by atoms with E-state index in [0.29, 0.717) is 11.6 Å². The van der Waals surface area contributed by atoms with Crippen LogP contribution >= 0.6 is 0 Å². The number of nitrogens with zero attached hydrogens (tertiary/aromatic N) is 2. The maximum atomic E-state index is 13.0. The standard InChI is InChI=1S/C20H27N3O3/c1-14(2)26-16-6-5-15(13-21-16)22-17(24)19(7-8-19)20(9-10-20)18(25)23-11-3-4-12-23/h5-6,13-14H,3-4,7-12H2,1-2H3,(H,22,24). The van der Waals surface area contributed by atoms with Crippen LogP contribution in [0.3, 0.4) is 0 Å². The van der Waals surface area contributed by atoms with Crippen molar-refractivity contribution < 1.29 is 14.3 Å². The van der Waals surface area contributed by atoms with Gasteiger partial charge in [-0.2, -0.15) is 0 Å². The van der Waals surface area contributed by atoms with Crippen molar-refractivity contribution in [1.29, 1.82) is 0 Å². The van der Waals surface area contributed by atoms with Crippen LogP contribution in [0.5, 0.6) is 5.88 Å². The third-order valence-corrected chi connectivity index (χ3v) is 6.00. The lowest BCUT2D eigenvalue weighted by Gasteiger charge is -2.29. The number of likely N-dealkylation sites (tertiary alicyclic amines) is 1. The summed E-state index contributed by atoms with van der Waals surface area (Å²) >= 11 is 0. The zero-order valence-corrected chi connectivity index (χ0v) is 15.6. The molecule has 0 spiro atoms. The SMILES string of the molecule is CC(C)Oc1ccc(NC(=O)C2(C3(C(=O)N4CCCC4)CC3)CC2)cn1. The Hall–Kier alpha value is -2.11. The molecule has 0 unspecified atom stereocenters. The molecule has 0 radical (unpaired) electrons. The summed E-state index contributed by atoms with van der Waals surface area (Å²) in [5, 5.41) is 2.99. The summed E-state index contributed by atoms with van der Waals surface area (Å²) in [7, 11) is 0. The van der Waals surface area contributed by atoms with Crippen molar-refractivity contribution in [2.75, 3.05) is 18.4 Å². The summed E-state index contributed by atoms with van der Waals surface area (Å²) in [6.45, 7) is 5.58. The number of anilines is 1. The Kier molecular flexibility index (Phi) is 4.16. The van der Waals surface area contributed by atoms with Gasteiger partial charge in [0.15, 0.2) is 0 Å². The van der Waals surface area contributed by atoms with Gasteiger partial charge in [-0.3, -0.25) is 9.59 Å². The number of ether oxygens (including phenoxy) is 1. The highest BCUT2D eigenvalue weighted by Crippen LogP contribution is 2.71. The molecule has 1 aliphatic heterocycles. The number of nitrogens with one attached hydrogen (secondary N) is 1. The average molecular weight is 357 g/mol. The van der Waals surface area contributed by atoms with Gasteiger partial charge in [0.25, 0.3) is 0 Å². The summed E-state index contributed by atoms with van der Waals surface area (Å²) in [6, 6.07) is 3.57. The van der Waals surface area contributed by atoms with E-state index in [2.05, 4.69) is 10.3 Å². The highest BCUT2D eigenvalue weighted by atomic mass is 16.5. The molecule has 2 heterocycles. The van der Waals surface area contributed by atoms with Crippen LogP contribution in [0.4, 0.5) is 5.69 Å². The Morgan fingerprint density at radius 1 is 1.12 bits per heavy atom. The van der Waals surface area contributed by atoms with E-state index in [1.165, 1.54) is 0 Å². The van der Waals surface area contributed by atoms with Crippen molar-refractivity contribution in [3.63, 3.8) is 0 Å². The molecule has 140 valence electrons. The number of carbonyl (C=O) groups excluding carboxylic acids is 2. The summed E-state index contributed by atoms with van der Waals surface area (Å²) in [6.07, 6.45) is 7.14. The van der Waals surface area contributed by atoms with Crippen molar-refractivity contribution in [2.45, 2.75) is 58.5 Å². The van der Waals surface area contributed by atoms with Crippen LogP contribution < -0.4 is 10.1 Å². The number of hydrogen-bond donors (Lipinski definition) is 1. The second kappa shape index (κ2) is 6.25. The van der Waals surface area contributed by atoms with Gasteiger partial charge in [-0.05, 0) is 58.4 Å². The first kappa shape index (κ1) is 17.3. The highest BCUT2D eigenvalue weighted by molar-refractivity contribution is 6.03. The molecule has 1 N–H and O–H groups in total. The van der Waals surface area contributed by atoms with Crippen LogP contribution in [-0.4, -0.2) is 40.9 Å². The second-order valence-electron chi connectivity index (χ2n) is 8.17. The Morgan fingerprint density at radius 3 is 2.27 bits per heavy atom. The van der Waals surface area contributed by atoms with Gasteiger partial charge in [0.2, 0.25) is 17.7 Å². The lowest BCUT2D eigenvalue weighted by molar-refractivity contribution is -0.143. The molecule has 1 aromatic heterocycles. The van der Waals surface area contributed by atoms with Crippen molar-refractivity contribution in [3.05, 3.63) is 18.3 Å². The Balaban J connectivity index is 1.45. The van der Waals surface area contributed by atoms with E-state index >= 15 is 0 Å². The number of pyridine rings is 1. The summed E-state index contributed by atoms with van der Waals surface area (Å²) < 4.78 is 5.53. The molecule has 26 heavy (non-hydrogen) atoms. The van der Waals surface area contributed by atoms with E-state index in [9.17, 15) is 9.59 Å². The Labute approximate surface area is 154 Å². The fraction of sp³-hybridized carbons (Fsp3) is 0.650. The maximum absolute atomic E-state index is 13.0. The topological polar surface area (TPSA) is 71.5 Å². The molecule has 2 saturated carbocycles. The van der Waals surface area contributed by atoms with Crippen LogP contribution in [0.25, 0.3) is 0 Å². The van der Waals surface area contributed by atoms with E-state index in [1.54, 1.807) is 18.3 Å². The minimum Gasteiger partial charge on any atom is -0.475 e. The fourth-order valence-electron chi connectivity index (χ4n) is 4.31. The van der Waals surface area contributed by atoms with Gasteiger partial charge in [0.05, 0.1) is 28.8 Å². The van der Waals surface area contributed by atoms with E-state index in [-0.39, 0.29) is 17.9 Å². The van der Waals surface area contributed by atoms with Gasteiger partial charge in [-0.25, -0.2) is 4.98 Å². The lowest BCUT2D eigenvalue weighted by atomic mass is 9.83. The predicted octanol–water partition coefficient (Wildman–Crippen LogP) is 2.99. The van der Waals surface area contributed by atoms with E-state index in [4.69, 9.17) is 4.74 Å². The molecule has 0 bridgehead atoms. The number of hydrogen-bond acceptors (Lipinski definition) is 4. The molecule has 2 amide bonds. The third kappa shape index (κ3) is 2.85. The van der Waals surface area contributed by atoms with Crippen molar-refractivity contribution in [1.82, 2.24) is 9.88 Å². The quantitative estimate of drug-likeness (QED) is 0.849. The van der Waals surface area contributed by atoms with E-state index in [0.717, 1.165) is 51.6 Å². The van der Waals surface area contributed by atoms with Gasteiger partial charge < -0.3 is 15.0 Å². The van der Waals surface area contributed by atoms with Crippen LogP contribution in [0, 0.1) is 10.8 Å². The minimum atomic E-state index is -0.514. The first-order chi connectivity index (χ1) is 12.5. The van der Waals surface area contributed by atoms with E-state index in [1.807, 2.05) is 18.7 Å². The summed E-state index contributed by atoms with van der Waals surface area (Å²) in [5.41, 5.74) is -0.309. The number of amides is 2. The predicted molar refractivity (Wildman–Crippen MR) is 97.8 cm³/mol. The molecular formula is C20H27N3O3. The van der Waals surface area contributed by atoms with E-state index < -0.39 is 10.8 Å². The molecular weight excluding hydrogens is 330 g/mol. The third-order valence-electron chi connectivity index (χ3n) is 6.00. The highest BCUT2D eigenvalue weighted by Gasteiger charge is 2.73. The Bertz CT molecular complexity index is 700. The second-order valence-corrected chi connectivity index (χ2v) is 8.17. The van der Waals surface area contributed by atoms with Gasteiger partial charge in [0, 0.05) is 19.2 Å². The molecule has 3 aliphatic rings. The maximum Gasteiger partial charge on any atom is 0.231 e. The lowest BCUT2D eigenvalue weighted by Crippen LogP contribution is -2.44. The molecule has 3 fully saturated rings. The average Bonchev–Trinajstić information content (AvgIpc) is 3.52. The number of aromatic nitrogens is 1. The minimum absolute atomic E-state index is 0.0260. The smallest absolute Gasteiger partial charge is 0.231 e. The van der Waals surface area contributed by atoms with Gasteiger partial charge in [0.1, 0.15) is 0 Å². The zero-order chi connectivity index (χ0) is 18.4. The molecule has 2 aliphatic carbocycles. The van der Waals surface area contributed by atoms with Crippen molar-refractivity contribution >= 4 is 17.5 Å². The van der Waals surface area contributed by atoms with Crippen LogP contribution in [0.15, 0.2) is 18.3 Å². The van der Waals surface area contributed by atoms with Crippen molar-refractivity contribution in [3.8, 4) is 5.88 Å². The molecule has 1 saturated heterocycles. The van der Waals surface area contributed by atoms with Crippen LogP contribution in [0.1, 0.15) is 52.4 Å². The monoisotopic (exact) mass is 357 g/mol. The summed E-state index contributed by atoms with van der Waals surface area (Å²) in [5.74, 6) is 0.727. The van der Waals surface area contributed by atoms with Crippen LogP contribution in [-0.2, 0) is 9.59 Å². The van der Waals surface area contributed by atoms with Crippen LogP contribution in [0.2, 0.25) is 0 Å². The molecule has 0 atom stereocenters. The first-order valence-corrected chi connectivity index (χ1v) is 9.70. The Morgan fingerprint density at radius 2 is 1.77 bits per heavy atom. The zero-order valence-electron chi connectivity index (χ0n) is 15.6. The van der Waals surface area contributed by atoms with Crippen molar-refractivity contribution in [2.24, 2.45) is 10.8 Å². The fourth-order valence-corrected chi connectivity index (χ4v) is 4.31. The molecule has 6 nitrogen and oxygen atoms in total. The molecule has 4 rings (SSSR count). The number of carbonyl (C=O) groups is 2. The number of rotatable bonds is 6. The largest absolute Gasteiger partial charge is 0.475 e. The first-order valence-electron chi connectivity index (χ1n) is 9.70. The molecule has 1 aromatic rings. The van der Waals surface area contributed by atoms with Gasteiger partial charge >= 0.3 is 0 Å². The van der Waals surface area contributed by atoms with Gasteiger partial charge in [-0.1, -0.05) is 0 Å². The van der Waals surface area contributed by atoms with Gasteiger partial charge in [-0.15, -0.1) is 0 Å². The normalized spacial score (nSPS) is 22.2.